The van der Waals surface area contributed by atoms with Crippen LogP contribution in [0.5, 0.6) is 0 Å². The lowest BCUT2D eigenvalue weighted by molar-refractivity contribution is -0.137. The molecule has 0 aliphatic carbocycles. The first-order valence-electron chi connectivity index (χ1n) is 10.1. The molecule has 4 rings (SSSR count). The first kappa shape index (κ1) is 21.0. The van der Waals surface area contributed by atoms with E-state index < -0.39 is 17.6 Å². The molecule has 1 aliphatic heterocycles. The molecule has 0 spiro atoms. The largest absolute Gasteiger partial charge is 0.418 e. The van der Waals surface area contributed by atoms with Crippen molar-refractivity contribution in [3.8, 4) is 5.69 Å². The fourth-order valence-corrected chi connectivity index (χ4v) is 3.63. The van der Waals surface area contributed by atoms with E-state index in [0.29, 0.717) is 0 Å². The summed E-state index contributed by atoms with van der Waals surface area (Å²) in [6.07, 6.45) is -0.849. The number of hydrogen-bond acceptors (Lipinski definition) is 4. The van der Waals surface area contributed by atoms with Crippen LogP contribution in [0, 0.1) is 0 Å². The minimum absolute atomic E-state index is 0.0531. The summed E-state index contributed by atoms with van der Waals surface area (Å²) in [5, 5.41) is 10.2. The van der Waals surface area contributed by atoms with Crippen LogP contribution >= 0.6 is 0 Å². The molecule has 0 saturated carbocycles. The molecule has 0 atom stereocenters. The highest BCUT2D eigenvalue weighted by Gasteiger charge is 2.34. The number of alkyl halides is 3. The molecular weight excluding hydrogens is 407 g/mol. The fourth-order valence-electron chi connectivity index (χ4n) is 3.63. The van der Waals surface area contributed by atoms with Gasteiger partial charge in [0.2, 0.25) is 0 Å². The standard InChI is InChI=1S/C22H22F3N5O/c23-22(24,25)18-5-1-2-6-20(18)30-15-19(27-28-30)21(31)26-13-16-7-9-17(10-8-16)14-29-11-3-4-12-29/h1-2,5-10,15H,3-4,11-14H2,(H,26,31). The second-order valence-electron chi connectivity index (χ2n) is 7.55. The van der Waals surface area contributed by atoms with E-state index in [-0.39, 0.29) is 17.9 Å². The lowest BCUT2D eigenvalue weighted by Gasteiger charge is -2.14. The number of hydrogen-bond donors (Lipinski definition) is 1. The minimum atomic E-state index is -4.54. The summed E-state index contributed by atoms with van der Waals surface area (Å²) in [6, 6.07) is 13.0. The Kier molecular flexibility index (Phi) is 6.03. The van der Waals surface area contributed by atoms with E-state index in [9.17, 15) is 18.0 Å². The van der Waals surface area contributed by atoms with Crippen molar-refractivity contribution in [2.75, 3.05) is 13.1 Å². The number of benzene rings is 2. The number of nitrogens with zero attached hydrogens (tertiary/aromatic N) is 4. The second-order valence-corrected chi connectivity index (χ2v) is 7.55. The van der Waals surface area contributed by atoms with Gasteiger partial charge in [0.15, 0.2) is 5.69 Å². The third-order valence-corrected chi connectivity index (χ3v) is 5.26. The molecule has 1 aromatic heterocycles. The predicted octanol–water partition coefficient (Wildman–Crippen LogP) is 3.81. The van der Waals surface area contributed by atoms with Crippen LogP contribution in [0.3, 0.4) is 0 Å². The first-order chi connectivity index (χ1) is 14.9. The fraction of sp³-hybridized carbons (Fsp3) is 0.318. The maximum Gasteiger partial charge on any atom is 0.418 e. The third-order valence-electron chi connectivity index (χ3n) is 5.26. The highest BCUT2D eigenvalue weighted by molar-refractivity contribution is 5.91. The second kappa shape index (κ2) is 8.89. The van der Waals surface area contributed by atoms with Gasteiger partial charge in [0.1, 0.15) is 0 Å². The van der Waals surface area contributed by atoms with Crippen molar-refractivity contribution in [1.82, 2.24) is 25.2 Å². The monoisotopic (exact) mass is 429 g/mol. The Morgan fingerprint density at radius 1 is 1.00 bits per heavy atom. The van der Waals surface area contributed by atoms with Crippen LogP contribution in [-0.2, 0) is 19.3 Å². The van der Waals surface area contributed by atoms with Crippen LogP contribution in [0.4, 0.5) is 13.2 Å². The molecule has 0 bridgehead atoms. The molecule has 0 radical (unpaired) electrons. The highest BCUT2D eigenvalue weighted by Crippen LogP contribution is 2.33. The smallest absolute Gasteiger partial charge is 0.347 e. The van der Waals surface area contributed by atoms with E-state index in [1.807, 2.05) is 24.3 Å². The van der Waals surface area contributed by atoms with Crippen molar-refractivity contribution in [2.24, 2.45) is 0 Å². The van der Waals surface area contributed by atoms with Gasteiger partial charge in [-0.1, -0.05) is 41.6 Å². The maximum absolute atomic E-state index is 13.2. The summed E-state index contributed by atoms with van der Waals surface area (Å²) in [7, 11) is 0. The van der Waals surface area contributed by atoms with Gasteiger partial charge in [0.05, 0.1) is 17.4 Å². The zero-order valence-corrected chi connectivity index (χ0v) is 16.8. The predicted molar refractivity (Wildman–Crippen MR) is 108 cm³/mol. The summed E-state index contributed by atoms with van der Waals surface area (Å²) < 4.78 is 40.6. The summed E-state index contributed by atoms with van der Waals surface area (Å²) in [5.41, 5.74) is 1.07. The van der Waals surface area contributed by atoms with Gasteiger partial charge in [-0.25, -0.2) is 4.68 Å². The number of halogens is 3. The van der Waals surface area contributed by atoms with Crippen LogP contribution in [0.1, 0.15) is 40.0 Å². The number of carbonyl (C=O) groups excluding carboxylic acids is 1. The molecule has 162 valence electrons. The molecule has 1 amide bonds. The quantitative estimate of drug-likeness (QED) is 0.647. The number of amides is 1. The van der Waals surface area contributed by atoms with E-state index >= 15 is 0 Å². The molecule has 1 saturated heterocycles. The SMILES string of the molecule is O=C(NCc1ccc(CN2CCCC2)cc1)c1cn(-c2ccccc2C(F)(F)F)nn1. The van der Waals surface area contributed by atoms with Crippen molar-refractivity contribution in [3.63, 3.8) is 0 Å². The third kappa shape index (κ3) is 5.11. The molecule has 0 unspecified atom stereocenters. The summed E-state index contributed by atoms with van der Waals surface area (Å²) >= 11 is 0. The Morgan fingerprint density at radius 2 is 1.68 bits per heavy atom. The first-order valence-corrected chi connectivity index (χ1v) is 10.1. The van der Waals surface area contributed by atoms with Gasteiger partial charge in [-0.15, -0.1) is 5.10 Å². The lowest BCUT2D eigenvalue weighted by Crippen LogP contribution is -2.23. The van der Waals surface area contributed by atoms with Crippen molar-refractivity contribution < 1.29 is 18.0 Å². The summed E-state index contributed by atoms with van der Waals surface area (Å²) in [5.74, 6) is -0.503. The van der Waals surface area contributed by atoms with Crippen LogP contribution < -0.4 is 5.32 Å². The molecule has 31 heavy (non-hydrogen) atoms. The number of carbonyl (C=O) groups is 1. The molecule has 6 nitrogen and oxygen atoms in total. The number of aromatic nitrogens is 3. The normalized spacial score (nSPS) is 14.7. The highest BCUT2D eigenvalue weighted by atomic mass is 19.4. The van der Waals surface area contributed by atoms with E-state index in [1.54, 1.807) is 0 Å². The number of rotatable bonds is 6. The molecule has 2 aromatic carbocycles. The molecule has 1 N–H and O–H groups in total. The summed E-state index contributed by atoms with van der Waals surface area (Å²) in [6.45, 7) is 3.47. The minimum Gasteiger partial charge on any atom is -0.347 e. The summed E-state index contributed by atoms with van der Waals surface area (Å²) in [4.78, 5) is 14.8. The van der Waals surface area contributed by atoms with Gasteiger partial charge in [0, 0.05) is 13.1 Å². The van der Waals surface area contributed by atoms with Crippen molar-refractivity contribution >= 4 is 5.91 Å². The van der Waals surface area contributed by atoms with E-state index in [1.165, 1.54) is 42.8 Å². The van der Waals surface area contributed by atoms with Gasteiger partial charge in [-0.05, 0) is 49.2 Å². The molecular formula is C22H22F3N5O. The Bertz CT molecular complexity index is 1040. The van der Waals surface area contributed by atoms with Gasteiger partial charge in [0.25, 0.3) is 5.91 Å². The topological polar surface area (TPSA) is 63.1 Å². The zero-order chi connectivity index (χ0) is 21.8. The number of likely N-dealkylation sites (tertiary alicyclic amines) is 1. The molecule has 1 fully saturated rings. The average Bonchev–Trinajstić information content (AvgIpc) is 3.45. The van der Waals surface area contributed by atoms with Crippen LogP contribution in [0.15, 0.2) is 54.7 Å². The molecule has 2 heterocycles. The van der Waals surface area contributed by atoms with Gasteiger partial charge in [-0.2, -0.15) is 13.2 Å². The van der Waals surface area contributed by atoms with Crippen molar-refractivity contribution in [1.29, 1.82) is 0 Å². The molecule has 1 aliphatic rings. The van der Waals surface area contributed by atoms with Gasteiger partial charge < -0.3 is 5.32 Å². The lowest BCUT2D eigenvalue weighted by atomic mass is 10.1. The average molecular weight is 429 g/mol. The van der Waals surface area contributed by atoms with Gasteiger partial charge >= 0.3 is 6.18 Å². The van der Waals surface area contributed by atoms with Crippen LogP contribution in [0.25, 0.3) is 5.69 Å². The van der Waals surface area contributed by atoms with E-state index in [0.717, 1.165) is 35.9 Å². The number of para-hydroxylation sites is 1. The Labute approximate surface area is 177 Å². The molecule has 9 heteroatoms. The number of nitrogens with one attached hydrogen (secondary N) is 1. The Balaban J connectivity index is 1.38. The van der Waals surface area contributed by atoms with Gasteiger partial charge in [-0.3, -0.25) is 9.69 Å². The molecule has 3 aromatic rings. The maximum atomic E-state index is 13.2. The Hall–Kier alpha value is -3.20. The van der Waals surface area contributed by atoms with E-state index in [2.05, 4.69) is 20.5 Å². The van der Waals surface area contributed by atoms with E-state index in [4.69, 9.17) is 0 Å². The zero-order valence-electron chi connectivity index (χ0n) is 16.8. The Morgan fingerprint density at radius 3 is 2.39 bits per heavy atom. The van der Waals surface area contributed by atoms with Crippen LogP contribution in [-0.4, -0.2) is 38.9 Å². The van der Waals surface area contributed by atoms with Crippen molar-refractivity contribution in [2.45, 2.75) is 32.1 Å². The van der Waals surface area contributed by atoms with Crippen LogP contribution in [0.2, 0.25) is 0 Å². The van der Waals surface area contributed by atoms with Crippen molar-refractivity contribution in [3.05, 3.63) is 77.1 Å².